The summed E-state index contributed by atoms with van der Waals surface area (Å²) in [6.45, 7) is 5.90. The molecule has 0 aromatic carbocycles. The van der Waals surface area contributed by atoms with E-state index >= 15 is 0 Å². The van der Waals surface area contributed by atoms with E-state index in [1.54, 1.807) is 16.7 Å². The number of thioether (sulfide) groups is 1. The third kappa shape index (κ3) is 1.15. The molecule has 0 radical (unpaired) electrons. The number of β-lactam (4-membered cyclic amide) rings is 1. The maximum atomic E-state index is 11.6. The van der Waals surface area contributed by atoms with E-state index in [-0.39, 0.29) is 33.1 Å². The van der Waals surface area contributed by atoms with Gasteiger partial charge in [0.05, 0.1) is 11.3 Å². The lowest BCUT2D eigenvalue weighted by Crippen LogP contribution is -2.61. The molecule has 0 unspecified atom stereocenters. The maximum Gasteiger partial charge on any atom is 0.229 e. The molecule has 78 valence electrons. The quantitative estimate of drug-likeness (QED) is 0.543. The SMILES string of the molecule is C[C@@H]1C(=O)N2[C@@H]1SC(C)(C)[C@@H]2C(=O)S. The van der Waals surface area contributed by atoms with Crippen molar-refractivity contribution in [2.75, 3.05) is 0 Å². The van der Waals surface area contributed by atoms with Gasteiger partial charge in [-0.3, -0.25) is 9.59 Å². The minimum Gasteiger partial charge on any atom is -0.317 e. The summed E-state index contributed by atoms with van der Waals surface area (Å²) in [5.41, 5.74) is 0. The second-order valence-corrected chi connectivity index (χ2v) is 6.60. The highest BCUT2D eigenvalue weighted by Gasteiger charge is 2.61. The molecule has 0 aromatic rings. The van der Waals surface area contributed by atoms with E-state index in [1.807, 2.05) is 20.8 Å². The van der Waals surface area contributed by atoms with Gasteiger partial charge in [-0.05, 0) is 13.8 Å². The van der Waals surface area contributed by atoms with E-state index < -0.39 is 0 Å². The van der Waals surface area contributed by atoms with Crippen LogP contribution in [-0.4, -0.2) is 32.1 Å². The number of fused-ring (bicyclic) bond motifs is 1. The van der Waals surface area contributed by atoms with E-state index in [0.717, 1.165) is 0 Å². The zero-order chi connectivity index (χ0) is 10.7. The van der Waals surface area contributed by atoms with Crippen LogP contribution in [0.15, 0.2) is 0 Å². The molecule has 2 heterocycles. The summed E-state index contributed by atoms with van der Waals surface area (Å²) in [6, 6.07) is -0.357. The Bertz CT molecular complexity index is 316. The van der Waals surface area contributed by atoms with Crippen molar-refractivity contribution in [3.63, 3.8) is 0 Å². The van der Waals surface area contributed by atoms with Crippen LogP contribution in [0.2, 0.25) is 0 Å². The number of amides is 1. The van der Waals surface area contributed by atoms with Gasteiger partial charge in [0.1, 0.15) is 6.04 Å². The molecule has 0 aliphatic carbocycles. The van der Waals surface area contributed by atoms with Gasteiger partial charge in [-0.15, -0.1) is 24.4 Å². The number of carbonyl (C=O) groups is 2. The summed E-state index contributed by atoms with van der Waals surface area (Å²) in [6.07, 6.45) is 0. The predicted octanol–water partition coefficient (Wildman–Crippen LogP) is 1.14. The molecule has 2 saturated heterocycles. The van der Waals surface area contributed by atoms with Crippen LogP contribution in [0.1, 0.15) is 20.8 Å². The van der Waals surface area contributed by atoms with Crippen molar-refractivity contribution >= 4 is 35.4 Å². The van der Waals surface area contributed by atoms with Crippen LogP contribution in [-0.2, 0) is 9.59 Å². The molecule has 14 heavy (non-hydrogen) atoms. The van der Waals surface area contributed by atoms with Gasteiger partial charge < -0.3 is 4.90 Å². The Balaban J connectivity index is 2.32. The molecule has 0 aromatic heterocycles. The Kier molecular flexibility index (Phi) is 2.16. The maximum absolute atomic E-state index is 11.6. The van der Waals surface area contributed by atoms with Crippen molar-refractivity contribution in [3.05, 3.63) is 0 Å². The van der Waals surface area contributed by atoms with E-state index in [9.17, 15) is 9.59 Å². The molecule has 2 fully saturated rings. The van der Waals surface area contributed by atoms with Crippen LogP contribution >= 0.6 is 24.4 Å². The Labute approximate surface area is 93.0 Å². The minimum atomic E-state index is -0.357. The lowest BCUT2D eigenvalue weighted by atomic mass is 9.94. The first-order chi connectivity index (χ1) is 6.36. The molecule has 0 N–H and O–H groups in total. The molecule has 0 saturated carbocycles. The molecule has 5 heteroatoms. The van der Waals surface area contributed by atoms with Crippen LogP contribution in [0.5, 0.6) is 0 Å². The van der Waals surface area contributed by atoms with Crippen molar-refractivity contribution in [3.8, 4) is 0 Å². The lowest BCUT2D eigenvalue weighted by Gasteiger charge is -2.42. The topological polar surface area (TPSA) is 37.4 Å². The monoisotopic (exact) mass is 231 g/mol. The van der Waals surface area contributed by atoms with Crippen LogP contribution in [0.25, 0.3) is 0 Å². The normalized spacial score (nSPS) is 39.3. The van der Waals surface area contributed by atoms with Crippen molar-refractivity contribution in [2.45, 2.75) is 36.9 Å². The molecule has 2 aliphatic rings. The first-order valence-corrected chi connectivity index (χ1v) is 5.92. The van der Waals surface area contributed by atoms with Crippen molar-refractivity contribution in [1.82, 2.24) is 4.90 Å². The number of hydrogen-bond acceptors (Lipinski definition) is 3. The Morgan fingerprint density at radius 2 is 2.14 bits per heavy atom. The van der Waals surface area contributed by atoms with Gasteiger partial charge in [0, 0.05) is 4.75 Å². The van der Waals surface area contributed by atoms with Crippen molar-refractivity contribution < 1.29 is 9.59 Å². The molecular formula is C9H13NO2S2. The third-order valence-corrected chi connectivity index (χ3v) is 4.89. The smallest absolute Gasteiger partial charge is 0.229 e. The number of hydrogen-bond donors (Lipinski definition) is 1. The molecule has 3 nitrogen and oxygen atoms in total. The van der Waals surface area contributed by atoms with Crippen molar-refractivity contribution in [2.24, 2.45) is 5.92 Å². The standard InChI is InChI=1S/C9H13NO2S2/c1-4-6(11)10-5(8(12)13)9(2,3)14-7(4)10/h4-5,7H,1-3H3,(H,12,13)/t4-,5+,7-/m1/s1. The van der Waals surface area contributed by atoms with Gasteiger partial charge in [0.2, 0.25) is 11.0 Å². The first-order valence-electron chi connectivity index (χ1n) is 4.59. The average molecular weight is 231 g/mol. The van der Waals surface area contributed by atoms with Gasteiger partial charge in [-0.1, -0.05) is 6.92 Å². The molecule has 2 aliphatic heterocycles. The molecule has 0 bridgehead atoms. The summed E-state index contributed by atoms with van der Waals surface area (Å²) in [4.78, 5) is 24.6. The second-order valence-electron chi connectivity index (χ2n) is 4.39. The van der Waals surface area contributed by atoms with Gasteiger partial charge in [0.15, 0.2) is 0 Å². The van der Waals surface area contributed by atoms with E-state index in [2.05, 4.69) is 12.6 Å². The largest absolute Gasteiger partial charge is 0.317 e. The van der Waals surface area contributed by atoms with Crippen LogP contribution < -0.4 is 0 Å². The highest BCUT2D eigenvalue weighted by Crippen LogP contribution is 2.53. The fourth-order valence-electron chi connectivity index (χ4n) is 2.20. The Hall–Kier alpha value is -0.160. The summed E-state index contributed by atoms with van der Waals surface area (Å²) >= 11 is 5.57. The summed E-state index contributed by atoms with van der Waals surface area (Å²) in [5.74, 6) is 0.137. The fraction of sp³-hybridized carbons (Fsp3) is 0.778. The highest BCUT2D eigenvalue weighted by atomic mass is 32.2. The minimum absolute atomic E-state index is 0.0527. The van der Waals surface area contributed by atoms with Gasteiger partial charge >= 0.3 is 0 Å². The van der Waals surface area contributed by atoms with Crippen LogP contribution in [0.3, 0.4) is 0 Å². The third-order valence-electron chi connectivity index (χ3n) is 2.94. The molecule has 2 rings (SSSR count). The molecule has 1 amide bonds. The van der Waals surface area contributed by atoms with Gasteiger partial charge in [0.25, 0.3) is 0 Å². The zero-order valence-corrected chi connectivity index (χ0v) is 10.1. The van der Waals surface area contributed by atoms with Crippen LogP contribution in [0, 0.1) is 5.92 Å². The zero-order valence-electron chi connectivity index (χ0n) is 8.35. The van der Waals surface area contributed by atoms with E-state index in [0.29, 0.717) is 0 Å². The average Bonchev–Trinajstić information content (AvgIpc) is 2.34. The molecular weight excluding hydrogens is 218 g/mol. The fourth-order valence-corrected chi connectivity index (χ4v) is 4.37. The summed E-state index contributed by atoms with van der Waals surface area (Å²) < 4.78 is -0.204. The number of thiol groups is 1. The predicted molar refractivity (Wildman–Crippen MR) is 59.2 cm³/mol. The van der Waals surface area contributed by atoms with Crippen LogP contribution in [0.4, 0.5) is 0 Å². The molecule has 3 atom stereocenters. The van der Waals surface area contributed by atoms with Gasteiger partial charge in [-0.25, -0.2) is 0 Å². The number of rotatable bonds is 1. The number of nitrogens with zero attached hydrogens (tertiary/aromatic N) is 1. The number of carbonyl (C=O) groups excluding carboxylic acids is 2. The van der Waals surface area contributed by atoms with Gasteiger partial charge in [-0.2, -0.15) is 0 Å². The lowest BCUT2D eigenvalue weighted by molar-refractivity contribution is -0.154. The van der Waals surface area contributed by atoms with E-state index in [1.165, 1.54) is 0 Å². The Morgan fingerprint density at radius 1 is 1.57 bits per heavy atom. The molecule has 0 spiro atoms. The Morgan fingerprint density at radius 3 is 2.64 bits per heavy atom. The highest BCUT2D eigenvalue weighted by molar-refractivity contribution is 8.02. The second kappa shape index (κ2) is 2.92. The summed E-state index contributed by atoms with van der Waals surface area (Å²) in [5, 5.41) is -0.0242. The van der Waals surface area contributed by atoms with E-state index in [4.69, 9.17) is 0 Å². The first kappa shape index (κ1) is 10.4. The summed E-state index contributed by atoms with van der Waals surface area (Å²) in [7, 11) is 0. The van der Waals surface area contributed by atoms with Crippen molar-refractivity contribution in [1.29, 1.82) is 0 Å².